The summed E-state index contributed by atoms with van der Waals surface area (Å²) >= 11 is 6.11. The zero-order valence-electron chi connectivity index (χ0n) is 14.2. The number of benzene rings is 1. The van der Waals surface area contributed by atoms with Crippen LogP contribution in [0.3, 0.4) is 0 Å². The Morgan fingerprint density at radius 1 is 1.18 bits per heavy atom. The maximum absolute atomic E-state index is 13.5. The van der Waals surface area contributed by atoms with Crippen molar-refractivity contribution < 1.29 is 31.1 Å². The van der Waals surface area contributed by atoms with Crippen molar-refractivity contribution in [2.24, 2.45) is 0 Å². The van der Waals surface area contributed by atoms with Crippen LogP contribution in [0.5, 0.6) is 0 Å². The maximum Gasteiger partial charge on any atom is 0.418 e. The Hall–Kier alpha value is -2.36. The molecule has 1 aliphatic rings. The third-order valence-corrected chi connectivity index (χ3v) is 4.65. The SMILES string of the molecule is Cc1nc(Cl)c2c(n1)N(c1ccc(C(F)(F)F)cc1C(F)(F)F)CC2CC=O. The van der Waals surface area contributed by atoms with Crippen molar-refractivity contribution >= 4 is 29.4 Å². The van der Waals surface area contributed by atoms with E-state index in [1.165, 1.54) is 6.92 Å². The summed E-state index contributed by atoms with van der Waals surface area (Å²) in [5.41, 5.74) is -3.06. The van der Waals surface area contributed by atoms with E-state index >= 15 is 0 Å². The number of aryl methyl sites for hydroxylation is 1. The van der Waals surface area contributed by atoms with Crippen LogP contribution in [0.1, 0.15) is 34.9 Å². The second kappa shape index (κ2) is 6.91. The summed E-state index contributed by atoms with van der Waals surface area (Å²) in [5.74, 6) is -0.348. The quantitative estimate of drug-likeness (QED) is 0.382. The van der Waals surface area contributed by atoms with Crippen LogP contribution >= 0.6 is 11.6 Å². The highest BCUT2D eigenvalue weighted by atomic mass is 35.5. The van der Waals surface area contributed by atoms with Crippen molar-refractivity contribution in [3.05, 3.63) is 45.9 Å². The van der Waals surface area contributed by atoms with Crippen LogP contribution in [0.15, 0.2) is 18.2 Å². The molecule has 0 spiro atoms. The molecule has 28 heavy (non-hydrogen) atoms. The fourth-order valence-electron chi connectivity index (χ4n) is 3.18. The summed E-state index contributed by atoms with van der Waals surface area (Å²) in [7, 11) is 0. The molecule has 1 atom stereocenters. The van der Waals surface area contributed by atoms with E-state index in [1.54, 1.807) is 0 Å². The molecule has 2 aromatic rings. The van der Waals surface area contributed by atoms with Gasteiger partial charge in [0, 0.05) is 24.4 Å². The van der Waals surface area contributed by atoms with E-state index in [1.807, 2.05) is 0 Å². The second-order valence-electron chi connectivity index (χ2n) is 6.24. The lowest BCUT2D eigenvalue weighted by Crippen LogP contribution is -2.22. The Morgan fingerprint density at radius 3 is 2.43 bits per heavy atom. The Morgan fingerprint density at radius 2 is 1.86 bits per heavy atom. The number of fused-ring (bicyclic) bond motifs is 1. The van der Waals surface area contributed by atoms with Crippen LogP contribution in [0.2, 0.25) is 5.15 Å². The first-order valence-corrected chi connectivity index (χ1v) is 8.35. The number of aromatic nitrogens is 2. The molecule has 1 aliphatic heterocycles. The molecule has 0 fully saturated rings. The molecule has 11 heteroatoms. The van der Waals surface area contributed by atoms with E-state index < -0.39 is 35.1 Å². The van der Waals surface area contributed by atoms with E-state index in [-0.39, 0.29) is 35.8 Å². The molecule has 0 N–H and O–H groups in total. The first-order chi connectivity index (χ1) is 12.9. The fourth-order valence-corrected chi connectivity index (χ4v) is 3.54. The van der Waals surface area contributed by atoms with Crippen LogP contribution < -0.4 is 4.90 Å². The van der Waals surface area contributed by atoms with Gasteiger partial charge in [-0.15, -0.1) is 0 Å². The van der Waals surface area contributed by atoms with Gasteiger partial charge in [-0.2, -0.15) is 26.3 Å². The Bertz CT molecular complexity index is 928. The molecule has 0 aliphatic carbocycles. The van der Waals surface area contributed by atoms with Gasteiger partial charge in [0.2, 0.25) is 0 Å². The minimum absolute atomic E-state index is 0.00248. The average molecular weight is 424 g/mol. The van der Waals surface area contributed by atoms with Crippen molar-refractivity contribution in [2.45, 2.75) is 31.6 Å². The number of anilines is 2. The summed E-state index contributed by atoms with van der Waals surface area (Å²) in [6.45, 7) is 1.38. The zero-order valence-corrected chi connectivity index (χ0v) is 15.0. The first kappa shape index (κ1) is 20.4. The lowest BCUT2D eigenvalue weighted by atomic mass is 10.0. The van der Waals surface area contributed by atoms with E-state index in [4.69, 9.17) is 11.6 Å². The maximum atomic E-state index is 13.5. The van der Waals surface area contributed by atoms with Crippen molar-refractivity contribution in [2.75, 3.05) is 11.4 Å². The summed E-state index contributed by atoms with van der Waals surface area (Å²) in [6.07, 6.45) is -9.42. The van der Waals surface area contributed by atoms with E-state index in [0.29, 0.717) is 17.9 Å². The number of carbonyl (C=O) groups excluding carboxylic acids is 1. The molecule has 0 amide bonds. The fraction of sp³-hybridized carbons (Fsp3) is 0.353. The van der Waals surface area contributed by atoms with Crippen LogP contribution in [0.4, 0.5) is 37.8 Å². The van der Waals surface area contributed by atoms with Crippen molar-refractivity contribution in [3.8, 4) is 0 Å². The Labute approximate surface area is 160 Å². The van der Waals surface area contributed by atoms with Crippen molar-refractivity contribution in [3.63, 3.8) is 0 Å². The average Bonchev–Trinajstić information content (AvgIpc) is 2.91. The lowest BCUT2D eigenvalue weighted by molar-refractivity contribution is -0.142. The molecule has 1 aromatic carbocycles. The molecule has 2 heterocycles. The highest BCUT2D eigenvalue weighted by Gasteiger charge is 2.42. The molecule has 0 saturated heterocycles. The van der Waals surface area contributed by atoms with Gasteiger partial charge in [0.25, 0.3) is 0 Å². The van der Waals surface area contributed by atoms with Crippen LogP contribution in [0.25, 0.3) is 0 Å². The third-order valence-electron chi connectivity index (χ3n) is 4.36. The predicted molar refractivity (Wildman–Crippen MR) is 88.7 cm³/mol. The van der Waals surface area contributed by atoms with Crippen molar-refractivity contribution in [1.29, 1.82) is 0 Å². The predicted octanol–water partition coefficient (Wildman–Crippen LogP) is 5.30. The number of aldehydes is 1. The number of nitrogens with zero attached hydrogens (tertiary/aromatic N) is 3. The van der Waals surface area contributed by atoms with Crippen LogP contribution in [-0.4, -0.2) is 22.8 Å². The number of alkyl halides is 6. The minimum Gasteiger partial charge on any atom is -0.325 e. The first-order valence-electron chi connectivity index (χ1n) is 7.97. The van der Waals surface area contributed by atoms with E-state index in [0.717, 1.165) is 11.0 Å². The molecule has 0 bridgehead atoms. The largest absolute Gasteiger partial charge is 0.418 e. The van der Waals surface area contributed by atoms with Gasteiger partial charge in [-0.05, 0) is 25.1 Å². The normalized spacial score (nSPS) is 17.0. The smallest absolute Gasteiger partial charge is 0.325 e. The van der Waals surface area contributed by atoms with Gasteiger partial charge in [-0.1, -0.05) is 11.6 Å². The number of carbonyl (C=O) groups is 1. The van der Waals surface area contributed by atoms with Gasteiger partial charge in [0.1, 0.15) is 23.1 Å². The van der Waals surface area contributed by atoms with Gasteiger partial charge < -0.3 is 9.69 Å². The van der Waals surface area contributed by atoms with Crippen molar-refractivity contribution in [1.82, 2.24) is 9.97 Å². The summed E-state index contributed by atoms with van der Waals surface area (Å²) in [5, 5.41) is -0.00248. The molecule has 3 rings (SSSR count). The van der Waals surface area contributed by atoms with Gasteiger partial charge in [-0.3, -0.25) is 0 Å². The zero-order chi connectivity index (χ0) is 20.9. The molecule has 0 radical (unpaired) electrons. The van der Waals surface area contributed by atoms with Gasteiger partial charge >= 0.3 is 12.4 Å². The molecule has 1 aromatic heterocycles. The molecule has 0 saturated carbocycles. The number of halogens is 7. The molecule has 1 unspecified atom stereocenters. The van der Waals surface area contributed by atoms with Crippen LogP contribution in [-0.2, 0) is 17.1 Å². The summed E-state index contributed by atoms with van der Waals surface area (Å²) in [6, 6.07) is 1.40. The molecular formula is C17H12ClF6N3O. The topological polar surface area (TPSA) is 46.1 Å². The monoisotopic (exact) mass is 423 g/mol. The number of hydrogen-bond acceptors (Lipinski definition) is 4. The molecule has 150 valence electrons. The van der Waals surface area contributed by atoms with Gasteiger partial charge in [0.15, 0.2) is 0 Å². The molecule has 4 nitrogen and oxygen atoms in total. The molecular weight excluding hydrogens is 412 g/mol. The number of rotatable bonds is 3. The summed E-state index contributed by atoms with van der Waals surface area (Å²) in [4.78, 5) is 20.2. The standard InChI is InChI=1S/C17H12ClF6N3O/c1-8-25-14(18)13-9(4-5-28)7-27(15(13)26-8)12-3-2-10(16(19,20)21)6-11(12)17(22,23)24/h2-3,5-6,9H,4,7H2,1H3. The van der Waals surface area contributed by atoms with Gasteiger partial charge in [-0.25, -0.2) is 9.97 Å². The Kier molecular flexibility index (Phi) is 5.03. The van der Waals surface area contributed by atoms with E-state index in [9.17, 15) is 31.1 Å². The van der Waals surface area contributed by atoms with Crippen LogP contribution in [0, 0.1) is 6.92 Å². The second-order valence-corrected chi connectivity index (χ2v) is 6.59. The minimum atomic E-state index is -5.04. The Balaban J connectivity index is 2.21. The van der Waals surface area contributed by atoms with Gasteiger partial charge in [0.05, 0.1) is 16.8 Å². The number of hydrogen-bond donors (Lipinski definition) is 0. The summed E-state index contributed by atoms with van der Waals surface area (Å²) < 4.78 is 79.4. The highest BCUT2D eigenvalue weighted by molar-refractivity contribution is 6.30. The highest BCUT2D eigenvalue weighted by Crippen LogP contribution is 2.48. The third kappa shape index (κ3) is 3.65. The lowest BCUT2D eigenvalue weighted by Gasteiger charge is -2.24. The van der Waals surface area contributed by atoms with E-state index in [2.05, 4.69) is 9.97 Å².